The second-order valence-electron chi connectivity index (χ2n) is 7.07. The van der Waals surface area contributed by atoms with Gasteiger partial charge in [0.25, 0.3) is 5.91 Å². The minimum Gasteiger partial charge on any atom is -0.340 e. The molecule has 3 aromatic rings. The normalized spacial score (nSPS) is 12.1. The zero-order chi connectivity index (χ0) is 23.8. The number of anilines is 1. The van der Waals surface area contributed by atoms with Crippen molar-refractivity contribution < 1.29 is 22.4 Å². The maximum atomic E-state index is 13.2. The van der Waals surface area contributed by atoms with E-state index in [2.05, 4.69) is 20.3 Å². The zero-order valence-corrected chi connectivity index (χ0v) is 18.6. The van der Waals surface area contributed by atoms with Crippen molar-refractivity contribution in [2.24, 2.45) is 0 Å². The van der Waals surface area contributed by atoms with Gasteiger partial charge in [0.05, 0.1) is 4.90 Å². The Labute approximate surface area is 191 Å². The molecule has 3 rings (SSSR count). The Morgan fingerprint density at radius 2 is 1.70 bits per heavy atom. The van der Waals surface area contributed by atoms with E-state index in [1.165, 1.54) is 36.4 Å². The van der Waals surface area contributed by atoms with E-state index < -0.39 is 33.7 Å². The Morgan fingerprint density at radius 1 is 1.00 bits per heavy atom. The number of benzene rings is 2. The standard InChI is InChI=1S/C23H23FN4O4S/c1-2-26-33(31,32)20-12-10-18(11-13-20)27-23(30)21(15-19-5-3-4-14-25-19)28-22(29)16-6-8-17(24)9-7-16/h3-14,21,26H,2,15H2,1H3,(H,27,30)(H,28,29)/t21-/m0/s1. The molecule has 0 spiro atoms. The molecule has 33 heavy (non-hydrogen) atoms. The quantitative estimate of drug-likeness (QED) is 0.444. The van der Waals surface area contributed by atoms with Crippen molar-refractivity contribution in [2.45, 2.75) is 24.3 Å². The summed E-state index contributed by atoms with van der Waals surface area (Å²) in [5, 5.41) is 5.34. The summed E-state index contributed by atoms with van der Waals surface area (Å²) in [7, 11) is -3.62. The predicted octanol–water partition coefficient (Wildman–Crippen LogP) is 2.50. The Balaban J connectivity index is 1.77. The average molecular weight is 471 g/mol. The summed E-state index contributed by atoms with van der Waals surface area (Å²) in [6.07, 6.45) is 1.70. The molecule has 2 amide bonds. The van der Waals surface area contributed by atoms with Gasteiger partial charge < -0.3 is 10.6 Å². The first-order chi connectivity index (χ1) is 15.8. The van der Waals surface area contributed by atoms with E-state index in [4.69, 9.17) is 0 Å². The number of amides is 2. The van der Waals surface area contributed by atoms with Crippen molar-refractivity contribution in [1.82, 2.24) is 15.0 Å². The molecule has 1 heterocycles. The third kappa shape index (κ3) is 6.67. The largest absolute Gasteiger partial charge is 0.340 e. The van der Waals surface area contributed by atoms with Crippen molar-refractivity contribution in [3.05, 3.63) is 90.0 Å². The fourth-order valence-corrected chi connectivity index (χ4v) is 4.04. The van der Waals surface area contributed by atoms with Crippen molar-refractivity contribution in [3.8, 4) is 0 Å². The van der Waals surface area contributed by atoms with Gasteiger partial charge in [0.1, 0.15) is 11.9 Å². The fourth-order valence-electron chi connectivity index (χ4n) is 3.00. The molecule has 0 bridgehead atoms. The zero-order valence-electron chi connectivity index (χ0n) is 17.8. The summed E-state index contributed by atoms with van der Waals surface area (Å²) in [5.41, 5.74) is 1.15. The van der Waals surface area contributed by atoms with Gasteiger partial charge in [-0.2, -0.15) is 0 Å². The molecule has 0 fully saturated rings. The van der Waals surface area contributed by atoms with Crippen LogP contribution in [0, 0.1) is 5.82 Å². The fraction of sp³-hybridized carbons (Fsp3) is 0.174. The van der Waals surface area contributed by atoms with Crippen LogP contribution in [0.2, 0.25) is 0 Å². The first kappa shape index (κ1) is 24.0. The van der Waals surface area contributed by atoms with Crippen LogP contribution in [0.4, 0.5) is 10.1 Å². The Bertz CT molecular complexity index is 1200. The lowest BCUT2D eigenvalue weighted by Crippen LogP contribution is -2.45. The summed E-state index contributed by atoms with van der Waals surface area (Å²) < 4.78 is 39.7. The number of hydrogen-bond acceptors (Lipinski definition) is 5. The number of pyridine rings is 1. The number of carbonyl (C=O) groups is 2. The van der Waals surface area contributed by atoms with E-state index in [-0.39, 0.29) is 23.4 Å². The molecule has 0 saturated carbocycles. The summed E-state index contributed by atoms with van der Waals surface area (Å²) >= 11 is 0. The third-order valence-electron chi connectivity index (χ3n) is 4.63. The highest BCUT2D eigenvalue weighted by Crippen LogP contribution is 2.15. The lowest BCUT2D eigenvalue weighted by molar-refractivity contribution is -0.118. The smallest absolute Gasteiger partial charge is 0.251 e. The van der Waals surface area contributed by atoms with Crippen LogP contribution in [0.15, 0.2) is 77.8 Å². The van der Waals surface area contributed by atoms with Gasteiger partial charge in [-0.1, -0.05) is 13.0 Å². The molecule has 0 aliphatic carbocycles. The Hall–Kier alpha value is -3.63. The number of halogens is 1. The van der Waals surface area contributed by atoms with E-state index >= 15 is 0 Å². The van der Waals surface area contributed by atoms with Crippen LogP contribution in [0.5, 0.6) is 0 Å². The van der Waals surface area contributed by atoms with Gasteiger partial charge in [0.2, 0.25) is 15.9 Å². The molecule has 8 nitrogen and oxygen atoms in total. The number of sulfonamides is 1. The molecule has 0 aliphatic rings. The van der Waals surface area contributed by atoms with E-state index in [0.29, 0.717) is 11.4 Å². The lowest BCUT2D eigenvalue weighted by Gasteiger charge is -2.18. The van der Waals surface area contributed by atoms with Crippen molar-refractivity contribution in [2.75, 3.05) is 11.9 Å². The van der Waals surface area contributed by atoms with Crippen molar-refractivity contribution in [1.29, 1.82) is 0 Å². The Kier molecular flexibility index (Phi) is 7.86. The molecule has 10 heteroatoms. The molecule has 2 aromatic carbocycles. The van der Waals surface area contributed by atoms with Crippen LogP contribution < -0.4 is 15.4 Å². The van der Waals surface area contributed by atoms with E-state index in [1.54, 1.807) is 31.3 Å². The van der Waals surface area contributed by atoms with Gasteiger partial charge in [-0.25, -0.2) is 17.5 Å². The number of nitrogens with one attached hydrogen (secondary N) is 3. The lowest BCUT2D eigenvalue weighted by atomic mass is 10.1. The average Bonchev–Trinajstić information content (AvgIpc) is 2.80. The maximum absolute atomic E-state index is 13.2. The van der Waals surface area contributed by atoms with Crippen LogP contribution in [-0.4, -0.2) is 37.8 Å². The molecule has 0 unspecified atom stereocenters. The maximum Gasteiger partial charge on any atom is 0.251 e. The summed E-state index contributed by atoms with van der Waals surface area (Å²) in [6.45, 7) is 1.93. The minimum absolute atomic E-state index is 0.0667. The molecule has 1 atom stereocenters. The predicted molar refractivity (Wildman–Crippen MR) is 122 cm³/mol. The second kappa shape index (κ2) is 10.8. The molecular weight excluding hydrogens is 447 g/mol. The van der Waals surface area contributed by atoms with Crippen LogP contribution in [0.1, 0.15) is 23.0 Å². The second-order valence-corrected chi connectivity index (χ2v) is 8.84. The molecule has 0 aliphatic heterocycles. The van der Waals surface area contributed by atoms with E-state index in [0.717, 1.165) is 12.1 Å². The molecule has 0 saturated heterocycles. The number of hydrogen-bond donors (Lipinski definition) is 3. The van der Waals surface area contributed by atoms with Gasteiger partial charge in [-0.05, 0) is 60.7 Å². The highest BCUT2D eigenvalue weighted by Gasteiger charge is 2.23. The monoisotopic (exact) mass is 470 g/mol. The van der Waals surface area contributed by atoms with Crippen molar-refractivity contribution >= 4 is 27.5 Å². The van der Waals surface area contributed by atoms with Crippen LogP contribution in [0.3, 0.4) is 0 Å². The highest BCUT2D eigenvalue weighted by atomic mass is 32.2. The van der Waals surface area contributed by atoms with Crippen LogP contribution in [0.25, 0.3) is 0 Å². The highest BCUT2D eigenvalue weighted by molar-refractivity contribution is 7.89. The first-order valence-corrected chi connectivity index (χ1v) is 11.6. The summed E-state index contributed by atoms with van der Waals surface area (Å²) in [4.78, 5) is 29.9. The van der Waals surface area contributed by atoms with Crippen molar-refractivity contribution in [3.63, 3.8) is 0 Å². The SMILES string of the molecule is CCNS(=O)(=O)c1ccc(NC(=O)[C@H](Cc2ccccn2)NC(=O)c2ccc(F)cc2)cc1. The van der Waals surface area contributed by atoms with Crippen LogP contribution in [-0.2, 0) is 21.2 Å². The summed E-state index contributed by atoms with van der Waals surface area (Å²) in [5.74, 6) is -1.54. The molecule has 0 radical (unpaired) electrons. The number of carbonyl (C=O) groups excluding carboxylic acids is 2. The molecular formula is C23H23FN4O4S. The van der Waals surface area contributed by atoms with Gasteiger partial charge in [-0.15, -0.1) is 0 Å². The van der Waals surface area contributed by atoms with E-state index in [9.17, 15) is 22.4 Å². The van der Waals surface area contributed by atoms with Gasteiger partial charge in [0.15, 0.2) is 0 Å². The topological polar surface area (TPSA) is 117 Å². The number of aromatic nitrogens is 1. The molecule has 1 aromatic heterocycles. The number of nitrogens with zero attached hydrogens (tertiary/aromatic N) is 1. The first-order valence-electron chi connectivity index (χ1n) is 10.2. The van der Waals surface area contributed by atoms with Gasteiger partial charge in [0, 0.05) is 36.1 Å². The minimum atomic E-state index is -3.62. The summed E-state index contributed by atoms with van der Waals surface area (Å²) in [6, 6.07) is 14.9. The van der Waals surface area contributed by atoms with Gasteiger partial charge in [-0.3, -0.25) is 14.6 Å². The Morgan fingerprint density at radius 3 is 2.30 bits per heavy atom. The van der Waals surface area contributed by atoms with Gasteiger partial charge >= 0.3 is 0 Å². The third-order valence-corrected chi connectivity index (χ3v) is 6.20. The van der Waals surface area contributed by atoms with E-state index in [1.807, 2.05) is 0 Å². The van der Waals surface area contributed by atoms with Crippen LogP contribution >= 0.6 is 0 Å². The molecule has 3 N–H and O–H groups in total. The molecule has 172 valence electrons. The number of rotatable bonds is 9.